The van der Waals surface area contributed by atoms with Crippen molar-refractivity contribution in [1.29, 1.82) is 0 Å². The van der Waals surface area contributed by atoms with Gasteiger partial charge in [-0.3, -0.25) is 4.98 Å². The van der Waals surface area contributed by atoms with Gasteiger partial charge in [-0.1, -0.05) is 103 Å². The summed E-state index contributed by atoms with van der Waals surface area (Å²) in [5.74, 6) is 2.41. The zero-order chi connectivity index (χ0) is 32.6. The maximum Gasteiger partial charge on any atom is 0.227 e. The molecule has 0 fully saturated rings. The third-order valence-electron chi connectivity index (χ3n) is 8.62. The SMILES string of the molecule is c1ccc(-c2nc(-c3ccccc3)nc(-c3cc(-c4ccc5nc(-c6ccccc6)oc5c4)cc(-c4cccc5cnccc45)c3)n2)cc1. The number of oxazole rings is 1. The summed E-state index contributed by atoms with van der Waals surface area (Å²) in [5.41, 5.74) is 9.31. The van der Waals surface area contributed by atoms with Gasteiger partial charge in [0.2, 0.25) is 5.89 Å². The molecule has 6 nitrogen and oxygen atoms in total. The molecule has 0 atom stereocenters. The molecule has 3 aromatic heterocycles. The molecule has 3 heterocycles. The number of hydrogen-bond acceptors (Lipinski definition) is 6. The van der Waals surface area contributed by atoms with Crippen LogP contribution in [0.5, 0.6) is 0 Å². The van der Waals surface area contributed by atoms with Gasteiger partial charge in [0.1, 0.15) is 5.52 Å². The normalized spacial score (nSPS) is 11.3. The smallest absolute Gasteiger partial charge is 0.227 e. The van der Waals surface area contributed by atoms with Gasteiger partial charge in [0.15, 0.2) is 23.1 Å². The predicted octanol–water partition coefficient (Wildman–Crippen LogP) is 10.6. The molecule has 9 aromatic rings. The first-order chi connectivity index (χ1) is 24.2. The summed E-state index contributed by atoms with van der Waals surface area (Å²) < 4.78 is 6.28. The van der Waals surface area contributed by atoms with Gasteiger partial charge in [0, 0.05) is 40.0 Å². The lowest BCUT2D eigenvalue weighted by molar-refractivity contribution is 0.620. The van der Waals surface area contributed by atoms with Crippen LogP contribution in [0.3, 0.4) is 0 Å². The second-order valence-corrected chi connectivity index (χ2v) is 11.8. The molecule has 230 valence electrons. The van der Waals surface area contributed by atoms with E-state index in [4.69, 9.17) is 24.4 Å². The van der Waals surface area contributed by atoms with E-state index < -0.39 is 0 Å². The lowest BCUT2D eigenvalue weighted by Crippen LogP contribution is -2.00. The molecule has 0 saturated carbocycles. The van der Waals surface area contributed by atoms with Gasteiger partial charge in [-0.05, 0) is 76.2 Å². The Kier molecular flexibility index (Phi) is 7.02. The summed E-state index contributed by atoms with van der Waals surface area (Å²) in [4.78, 5) is 24.2. The zero-order valence-electron chi connectivity index (χ0n) is 26.2. The molecule has 0 unspecified atom stereocenters. The Morgan fingerprint density at radius 2 is 1.02 bits per heavy atom. The molecule has 0 bridgehead atoms. The molecule has 6 heteroatoms. The third kappa shape index (κ3) is 5.51. The Balaban J connectivity index is 1.26. The second-order valence-electron chi connectivity index (χ2n) is 11.8. The van der Waals surface area contributed by atoms with E-state index in [1.54, 1.807) is 0 Å². The molecule has 0 aliphatic rings. The van der Waals surface area contributed by atoms with Crippen molar-refractivity contribution < 1.29 is 4.42 Å². The van der Waals surface area contributed by atoms with Crippen molar-refractivity contribution in [2.24, 2.45) is 0 Å². The summed E-state index contributed by atoms with van der Waals surface area (Å²) in [6.45, 7) is 0. The fourth-order valence-electron chi connectivity index (χ4n) is 6.20. The van der Waals surface area contributed by atoms with Gasteiger partial charge >= 0.3 is 0 Å². The highest BCUT2D eigenvalue weighted by Crippen LogP contribution is 2.37. The van der Waals surface area contributed by atoms with Gasteiger partial charge < -0.3 is 4.42 Å². The number of hydrogen-bond donors (Lipinski definition) is 0. The molecular formula is C43H27N5O. The van der Waals surface area contributed by atoms with Crippen molar-refractivity contribution in [1.82, 2.24) is 24.9 Å². The van der Waals surface area contributed by atoms with Crippen molar-refractivity contribution in [3.05, 3.63) is 164 Å². The zero-order valence-corrected chi connectivity index (χ0v) is 26.2. The van der Waals surface area contributed by atoms with E-state index in [9.17, 15) is 0 Å². The summed E-state index contributed by atoms with van der Waals surface area (Å²) in [7, 11) is 0. The van der Waals surface area contributed by atoms with E-state index in [1.807, 2.05) is 109 Å². The topological polar surface area (TPSA) is 77.6 Å². The third-order valence-corrected chi connectivity index (χ3v) is 8.62. The van der Waals surface area contributed by atoms with E-state index in [2.05, 4.69) is 59.6 Å². The lowest BCUT2D eigenvalue weighted by atomic mass is 9.93. The van der Waals surface area contributed by atoms with Crippen LogP contribution in [0.4, 0.5) is 0 Å². The number of benzene rings is 6. The summed E-state index contributed by atoms with van der Waals surface area (Å²) in [6, 6.07) is 51.1. The molecule has 0 radical (unpaired) electrons. The predicted molar refractivity (Wildman–Crippen MR) is 195 cm³/mol. The van der Waals surface area contributed by atoms with Crippen LogP contribution >= 0.6 is 0 Å². The van der Waals surface area contributed by atoms with Crippen LogP contribution in [0.25, 0.3) is 89.7 Å². The summed E-state index contributed by atoms with van der Waals surface area (Å²) in [6.07, 6.45) is 3.74. The van der Waals surface area contributed by atoms with Crippen LogP contribution in [0.15, 0.2) is 168 Å². The van der Waals surface area contributed by atoms with Crippen LogP contribution in [0.2, 0.25) is 0 Å². The maximum atomic E-state index is 6.28. The number of nitrogens with zero attached hydrogens (tertiary/aromatic N) is 5. The lowest BCUT2D eigenvalue weighted by Gasteiger charge is -2.13. The quantitative estimate of drug-likeness (QED) is 0.182. The molecular weight excluding hydrogens is 603 g/mol. The first-order valence-corrected chi connectivity index (χ1v) is 16.1. The van der Waals surface area contributed by atoms with E-state index in [0.717, 1.165) is 66.4 Å². The van der Waals surface area contributed by atoms with Crippen LogP contribution in [0.1, 0.15) is 0 Å². The fraction of sp³-hybridized carbons (Fsp3) is 0. The molecule has 0 N–H and O–H groups in total. The van der Waals surface area contributed by atoms with Crippen molar-refractivity contribution in [2.45, 2.75) is 0 Å². The van der Waals surface area contributed by atoms with Crippen LogP contribution in [-0.2, 0) is 0 Å². The molecule has 0 spiro atoms. The Bertz CT molecular complexity index is 2540. The van der Waals surface area contributed by atoms with Gasteiger partial charge in [-0.25, -0.2) is 19.9 Å². The van der Waals surface area contributed by atoms with E-state index in [0.29, 0.717) is 23.4 Å². The summed E-state index contributed by atoms with van der Waals surface area (Å²) >= 11 is 0. The maximum absolute atomic E-state index is 6.28. The standard InChI is InChI=1S/C43H27N5O/c1-4-11-28(12-5-1)40-46-41(29-13-6-2-7-14-29)48-42(47-40)35-24-33(23-34(25-35)36-18-10-17-32-27-44-22-21-37(32)36)31-19-20-38-39(26-31)49-43(45-38)30-15-8-3-9-16-30/h1-27H. The number of pyridine rings is 1. The first kappa shape index (κ1) is 28.4. The monoisotopic (exact) mass is 629 g/mol. The summed E-state index contributed by atoms with van der Waals surface area (Å²) in [5, 5.41) is 2.19. The van der Waals surface area contributed by atoms with Crippen LogP contribution in [-0.4, -0.2) is 24.9 Å². The average molecular weight is 630 g/mol. The largest absolute Gasteiger partial charge is 0.436 e. The van der Waals surface area contributed by atoms with Gasteiger partial charge in [-0.2, -0.15) is 0 Å². The number of rotatable bonds is 6. The van der Waals surface area contributed by atoms with Crippen molar-refractivity contribution in [3.8, 4) is 67.9 Å². The van der Waals surface area contributed by atoms with Crippen molar-refractivity contribution in [3.63, 3.8) is 0 Å². The molecule has 6 aromatic carbocycles. The van der Waals surface area contributed by atoms with Crippen molar-refractivity contribution >= 4 is 21.9 Å². The number of fused-ring (bicyclic) bond motifs is 2. The molecule has 0 aliphatic carbocycles. The Hall–Kier alpha value is -6.79. The fourth-order valence-corrected chi connectivity index (χ4v) is 6.20. The van der Waals surface area contributed by atoms with E-state index >= 15 is 0 Å². The molecule has 0 amide bonds. The molecule has 9 rings (SSSR count). The van der Waals surface area contributed by atoms with Crippen LogP contribution in [0, 0.1) is 0 Å². The van der Waals surface area contributed by atoms with E-state index in [1.165, 1.54) is 0 Å². The average Bonchev–Trinajstić information content (AvgIpc) is 3.62. The Morgan fingerprint density at radius 3 is 1.71 bits per heavy atom. The highest BCUT2D eigenvalue weighted by Gasteiger charge is 2.17. The van der Waals surface area contributed by atoms with Crippen molar-refractivity contribution in [2.75, 3.05) is 0 Å². The first-order valence-electron chi connectivity index (χ1n) is 16.1. The Labute approximate surface area is 282 Å². The van der Waals surface area contributed by atoms with Gasteiger partial charge in [-0.15, -0.1) is 0 Å². The molecule has 49 heavy (non-hydrogen) atoms. The molecule has 0 aliphatic heterocycles. The highest BCUT2D eigenvalue weighted by molar-refractivity contribution is 5.98. The minimum Gasteiger partial charge on any atom is -0.436 e. The van der Waals surface area contributed by atoms with Crippen LogP contribution < -0.4 is 0 Å². The van der Waals surface area contributed by atoms with Gasteiger partial charge in [0.05, 0.1) is 0 Å². The minimum atomic E-state index is 0.588. The molecule has 0 saturated heterocycles. The van der Waals surface area contributed by atoms with Gasteiger partial charge in [0.25, 0.3) is 0 Å². The number of aromatic nitrogens is 5. The van der Waals surface area contributed by atoms with E-state index in [-0.39, 0.29) is 0 Å². The second kappa shape index (κ2) is 12.1. The minimum absolute atomic E-state index is 0.588. The highest BCUT2D eigenvalue weighted by atomic mass is 16.3. The Morgan fingerprint density at radius 1 is 0.408 bits per heavy atom.